The van der Waals surface area contributed by atoms with Crippen LogP contribution in [0.4, 0.5) is 0 Å². The Bertz CT molecular complexity index is 519. The summed E-state index contributed by atoms with van der Waals surface area (Å²) in [5, 5.41) is 8.19. The standard InChI is InChI=1S/C14H18ClN3/c1-4-13(15)14-9-18(17-16-14)12-7-5-6-11(8-12)10(2)3/h5-10,13H,4H2,1-3H3. The molecule has 0 saturated carbocycles. The van der Waals surface area contributed by atoms with Crippen LogP contribution in [0.15, 0.2) is 30.5 Å². The average molecular weight is 264 g/mol. The highest BCUT2D eigenvalue weighted by molar-refractivity contribution is 6.20. The highest BCUT2D eigenvalue weighted by Crippen LogP contribution is 2.23. The zero-order chi connectivity index (χ0) is 13.1. The Morgan fingerprint density at radius 3 is 2.78 bits per heavy atom. The summed E-state index contributed by atoms with van der Waals surface area (Å²) in [5.74, 6) is 0.504. The van der Waals surface area contributed by atoms with Gasteiger partial charge >= 0.3 is 0 Å². The highest BCUT2D eigenvalue weighted by atomic mass is 35.5. The molecular weight excluding hydrogens is 246 g/mol. The molecule has 0 radical (unpaired) electrons. The lowest BCUT2D eigenvalue weighted by Gasteiger charge is -2.07. The number of benzene rings is 1. The number of aromatic nitrogens is 3. The van der Waals surface area contributed by atoms with Gasteiger partial charge in [0.05, 0.1) is 17.3 Å². The van der Waals surface area contributed by atoms with Gasteiger partial charge in [0.15, 0.2) is 0 Å². The quantitative estimate of drug-likeness (QED) is 0.778. The van der Waals surface area contributed by atoms with Gasteiger partial charge in [0.2, 0.25) is 0 Å². The zero-order valence-corrected chi connectivity index (χ0v) is 11.7. The molecular formula is C14H18ClN3. The van der Waals surface area contributed by atoms with E-state index >= 15 is 0 Å². The average Bonchev–Trinajstić information content (AvgIpc) is 2.87. The third-order valence-electron chi connectivity index (χ3n) is 2.99. The summed E-state index contributed by atoms with van der Waals surface area (Å²) < 4.78 is 1.78. The Balaban J connectivity index is 2.31. The maximum absolute atomic E-state index is 6.16. The molecule has 0 aliphatic rings. The molecule has 0 aliphatic heterocycles. The monoisotopic (exact) mass is 263 g/mol. The van der Waals surface area contributed by atoms with E-state index in [2.05, 4.69) is 36.3 Å². The summed E-state index contributed by atoms with van der Waals surface area (Å²) in [6.07, 6.45) is 2.76. The van der Waals surface area contributed by atoms with E-state index in [4.69, 9.17) is 11.6 Å². The van der Waals surface area contributed by atoms with Crippen molar-refractivity contribution in [2.24, 2.45) is 0 Å². The van der Waals surface area contributed by atoms with Crippen LogP contribution >= 0.6 is 11.6 Å². The first-order chi connectivity index (χ1) is 8.61. The van der Waals surface area contributed by atoms with E-state index in [1.165, 1.54) is 5.56 Å². The van der Waals surface area contributed by atoms with Crippen molar-refractivity contribution >= 4 is 11.6 Å². The number of rotatable bonds is 4. The van der Waals surface area contributed by atoms with E-state index in [-0.39, 0.29) is 5.38 Å². The van der Waals surface area contributed by atoms with Gasteiger partial charge in [0, 0.05) is 0 Å². The minimum atomic E-state index is -0.0629. The van der Waals surface area contributed by atoms with Crippen LogP contribution in [0.5, 0.6) is 0 Å². The summed E-state index contributed by atoms with van der Waals surface area (Å²) in [6.45, 7) is 6.39. The smallest absolute Gasteiger partial charge is 0.101 e. The van der Waals surface area contributed by atoms with E-state index in [0.717, 1.165) is 17.8 Å². The first kappa shape index (κ1) is 13.1. The van der Waals surface area contributed by atoms with Crippen LogP contribution in [0, 0.1) is 0 Å². The van der Waals surface area contributed by atoms with Crippen molar-refractivity contribution < 1.29 is 0 Å². The highest BCUT2D eigenvalue weighted by Gasteiger charge is 2.11. The molecule has 3 nitrogen and oxygen atoms in total. The lowest BCUT2D eigenvalue weighted by atomic mass is 10.0. The number of halogens is 1. The summed E-state index contributed by atoms with van der Waals surface area (Å²) in [6, 6.07) is 8.34. The predicted molar refractivity (Wildman–Crippen MR) is 74.3 cm³/mol. The molecule has 1 atom stereocenters. The fourth-order valence-corrected chi connectivity index (χ4v) is 1.88. The van der Waals surface area contributed by atoms with Crippen LogP contribution in [0.25, 0.3) is 5.69 Å². The van der Waals surface area contributed by atoms with E-state index < -0.39 is 0 Å². The van der Waals surface area contributed by atoms with Crippen LogP contribution in [0.3, 0.4) is 0 Å². The van der Waals surface area contributed by atoms with Gasteiger partial charge in [-0.05, 0) is 30.0 Å². The Labute approximate surface area is 113 Å². The Hall–Kier alpha value is -1.35. The number of nitrogens with zero attached hydrogens (tertiary/aromatic N) is 3. The van der Waals surface area contributed by atoms with Crippen molar-refractivity contribution in [3.63, 3.8) is 0 Å². The topological polar surface area (TPSA) is 30.7 Å². The Kier molecular flexibility index (Phi) is 4.02. The molecule has 0 saturated heterocycles. The second-order valence-corrected chi connectivity index (χ2v) is 5.24. The minimum Gasteiger partial charge on any atom is -0.220 e. The number of alkyl halides is 1. The molecule has 0 aliphatic carbocycles. The van der Waals surface area contributed by atoms with Crippen molar-refractivity contribution in [3.8, 4) is 5.69 Å². The first-order valence-electron chi connectivity index (χ1n) is 6.28. The molecule has 2 aromatic rings. The fourth-order valence-electron chi connectivity index (χ4n) is 1.78. The third kappa shape index (κ3) is 2.72. The molecule has 1 unspecified atom stereocenters. The van der Waals surface area contributed by atoms with Crippen molar-refractivity contribution in [2.45, 2.75) is 38.5 Å². The van der Waals surface area contributed by atoms with Crippen molar-refractivity contribution in [2.75, 3.05) is 0 Å². The first-order valence-corrected chi connectivity index (χ1v) is 6.72. The van der Waals surface area contributed by atoms with Crippen LogP contribution in [0.2, 0.25) is 0 Å². The predicted octanol–water partition coefficient (Wildman–Crippen LogP) is 4.08. The molecule has 4 heteroatoms. The Morgan fingerprint density at radius 1 is 1.33 bits per heavy atom. The van der Waals surface area contributed by atoms with Gasteiger partial charge in [-0.3, -0.25) is 0 Å². The van der Waals surface area contributed by atoms with E-state index in [1.54, 1.807) is 4.68 Å². The molecule has 0 bridgehead atoms. The lowest BCUT2D eigenvalue weighted by Crippen LogP contribution is -1.97. The van der Waals surface area contributed by atoms with E-state index in [0.29, 0.717) is 5.92 Å². The number of hydrogen-bond donors (Lipinski definition) is 0. The normalized spacial score (nSPS) is 12.9. The van der Waals surface area contributed by atoms with Crippen LogP contribution < -0.4 is 0 Å². The summed E-state index contributed by atoms with van der Waals surface area (Å²) >= 11 is 6.16. The van der Waals surface area contributed by atoms with Gasteiger partial charge in [-0.2, -0.15) is 0 Å². The molecule has 1 heterocycles. The lowest BCUT2D eigenvalue weighted by molar-refractivity contribution is 0.781. The molecule has 1 aromatic carbocycles. The Morgan fingerprint density at radius 2 is 2.11 bits per heavy atom. The molecule has 0 spiro atoms. The van der Waals surface area contributed by atoms with Gasteiger partial charge in [-0.25, -0.2) is 4.68 Å². The van der Waals surface area contributed by atoms with Gasteiger partial charge < -0.3 is 0 Å². The zero-order valence-electron chi connectivity index (χ0n) is 11.0. The van der Waals surface area contributed by atoms with Crippen molar-refractivity contribution in [1.29, 1.82) is 0 Å². The molecule has 1 aromatic heterocycles. The van der Waals surface area contributed by atoms with E-state index in [9.17, 15) is 0 Å². The van der Waals surface area contributed by atoms with Crippen LogP contribution in [-0.4, -0.2) is 15.0 Å². The van der Waals surface area contributed by atoms with Gasteiger partial charge in [-0.1, -0.05) is 38.1 Å². The fraction of sp³-hybridized carbons (Fsp3) is 0.429. The molecule has 0 N–H and O–H groups in total. The maximum atomic E-state index is 6.16. The van der Waals surface area contributed by atoms with Crippen molar-refractivity contribution in [3.05, 3.63) is 41.7 Å². The van der Waals surface area contributed by atoms with Crippen LogP contribution in [-0.2, 0) is 0 Å². The number of hydrogen-bond acceptors (Lipinski definition) is 2. The maximum Gasteiger partial charge on any atom is 0.101 e. The summed E-state index contributed by atoms with van der Waals surface area (Å²) in [7, 11) is 0. The second-order valence-electron chi connectivity index (χ2n) is 4.71. The molecule has 2 rings (SSSR count). The molecule has 18 heavy (non-hydrogen) atoms. The SMILES string of the molecule is CCC(Cl)c1cn(-c2cccc(C(C)C)c2)nn1. The second kappa shape index (κ2) is 5.53. The van der Waals surface area contributed by atoms with Crippen LogP contribution in [0.1, 0.15) is 49.7 Å². The van der Waals surface area contributed by atoms with E-state index in [1.807, 2.05) is 25.3 Å². The summed E-state index contributed by atoms with van der Waals surface area (Å²) in [4.78, 5) is 0. The summed E-state index contributed by atoms with van der Waals surface area (Å²) in [5.41, 5.74) is 3.15. The van der Waals surface area contributed by atoms with Gasteiger partial charge in [-0.15, -0.1) is 16.7 Å². The van der Waals surface area contributed by atoms with Gasteiger partial charge in [0.1, 0.15) is 5.69 Å². The molecule has 96 valence electrons. The largest absolute Gasteiger partial charge is 0.220 e. The molecule has 0 fully saturated rings. The molecule has 0 amide bonds. The van der Waals surface area contributed by atoms with Crippen molar-refractivity contribution in [1.82, 2.24) is 15.0 Å². The third-order valence-corrected chi connectivity index (χ3v) is 3.52. The van der Waals surface area contributed by atoms with Gasteiger partial charge in [0.25, 0.3) is 0 Å². The minimum absolute atomic E-state index is 0.0629.